The number of esters is 1. The number of hydrogen-bond acceptors (Lipinski definition) is 5. The molecule has 2 amide bonds. The number of carbonyl (C=O) groups is 2. The van der Waals surface area contributed by atoms with Crippen LogP contribution in [0.4, 0.5) is 10.5 Å². The summed E-state index contributed by atoms with van der Waals surface area (Å²) in [6.07, 6.45) is 0.689. The van der Waals surface area contributed by atoms with Crippen LogP contribution >= 0.6 is 0 Å². The third kappa shape index (κ3) is 6.49. The molecule has 7 nitrogen and oxygen atoms in total. The Morgan fingerprint density at radius 3 is 1.91 bits per heavy atom. The fourth-order valence-corrected chi connectivity index (χ4v) is 3.55. The summed E-state index contributed by atoms with van der Waals surface area (Å²) in [7, 11) is 4.59. The Labute approximate surface area is 193 Å². The molecule has 3 aromatic carbocycles. The van der Waals surface area contributed by atoms with E-state index in [1.807, 2.05) is 48.5 Å². The Bertz CT molecular complexity index is 1020. The van der Waals surface area contributed by atoms with Gasteiger partial charge in [0, 0.05) is 18.2 Å². The van der Waals surface area contributed by atoms with Crippen molar-refractivity contribution in [1.82, 2.24) is 5.32 Å². The molecule has 0 saturated heterocycles. The van der Waals surface area contributed by atoms with Crippen molar-refractivity contribution in [1.29, 1.82) is 0 Å². The Kier molecular flexibility index (Phi) is 8.30. The summed E-state index contributed by atoms with van der Waals surface area (Å²) in [5.41, 5.74) is 3.12. The summed E-state index contributed by atoms with van der Waals surface area (Å²) >= 11 is 0. The first-order chi connectivity index (χ1) is 16.0. The highest BCUT2D eigenvalue weighted by molar-refractivity contribution is 5.93. The third-order valence-corrected chi connectivity index (χ3v) is 5.30. The second kappa shape index (κ2) is 11.6. The fraction of sp³-hybridized carbons (Fsp3) is 0.231. The number of ether oxygens (including phenoxy) is 3. The Balaban J connectivity index is 1.66. The molecule has 0 radical (unpaired) electrons. The number of rotatable bonds is 9. The van der Waals surface area contributed by atoms with Gasteiger partial charge in [-0.25, -0.2) is 9.59 Å². The van der Waals surface area contributed by atoms with Gasteiger partial charge in [0.1, 0.15) is 11.5 Å². The number of carbonyl (C=O) groups excluding carboxylic acids is 2. The van der Waals surface area contributed by atoms with E-state index in [9.17, 15) is 9.59 Å². The lowest BCUT2D eigenvalue weighted by atomic mass is 9.88. The molecule has 0 atom stereocenters. The predicted molar refractivity (Wildman–Crippen MR) is 127 cm³/mol. The molecule has 0 aliphatic rings. The zero-order valence-corrected chi connectivity index (χ0v) is 19.0. The highest BCUT2D eigenvalue weighted by atomic mass is 16.5. The number of urea groups is 1. The minimum atomic E-state index is -0.458. The average molecular weight is 449 g/mol. The van der Waals surface area contributed by atoms with Crippen molar-refractivity contribution in [2.24, 2.45) is 0 Å². The van der Waals surface area contributed by atoms with Gasteiger partial charge in [-0.3, -0.25) is 0 Å². The number of amides is 2. The van der Waals surface area contributed by atoms with Gasteiger partial charge in [-0.05, 0) is 60.0 Å². The average Bonchev–Trinajstić information content (AvgIpc) is 2.86. The summed E-state index contributed by atoms with van der Waals surface area (Å²) < 4.78 is 15.3. The lowest BCUT2D eigenvalue weighted by Gasteiger charge is -2.19. The van der Waals surface area contributed by atoms with Gasteiger partial charge in [0.15, 0.2) is 0 Å². The lowest BCUT2D eigenvalue weighted by Crippen LogP contribution is -2.30. The van der Waals surface area contributed by atoms with E-state index in [-0.39, 0.29) is 11.9 Å². The van der Waals surface area contributed by atoms with Crippen molar-refractivity contribution in [3.05, 3.63) is 89.5 Å². The van der Waals surface area contributed by atoms with Crippen molar-refractivity contribution in [2.75, 3.05) is 33.2 Å². The molecule has 0 aliphatic heterocycles. The van der Waals surface area contributed by atoms with E-state index >= 15 is 0 Å². The molecule has 7 heteroatoms. The normalized spacial score (nSPS) is 10.4. The smallest absolute Gasteiger partial charge is 0.337 e. The summed E-state index contributed by atoms with van der Waals surface area (Å²) in [6, 6.07) is 22.1. The van der Waals surface area contributed by atoms with E-state index in [0.717, 1.165) is 22.6 Å². The maximum absolute atomic E-state index is 12.4. The van der Waals surface area contributed by atoms with Crippen molar-refractivity contribution in [2.45, 2.75) is 12.3 Å². The van der Waals surface area contributed by atoms with Gasteiger partial charge in [-0.1, -0.05) is 30.3 Å². The first kappa shape index (κ1) is 23.7. The number of anilines is 1. The van der Waals surface area contributed by atoms with Gasteiger partial charge in [-0.2, -0.15) is 0 Å². The number of benzene rings is 3. The lowest BCUT2D eigenvalue weighted by molar-refractivity contribution is 0.0600. The number of methoxy groups -OCH3 is 3. The van der Waals surface area contributed by atoms with Crippen LogP contribution in [0.25, 0.3) is 0 Å². The van der Waals surface area contributed by atoms with Crippen LogP contribution in [0.15, 0.2) is 72.8 Å². The fourth-order valence-electron chi connectivity index (χ4n) is 3.55. The van der Waals surface area contributed by atoms with Gasteiger partial charge in [-0.15, -0.1) is 0 Å². The van der Waals surface area contributed by atoms with Gasteiger partial charge >= 0.3 is 12.0 Å². The van der Waals surface area contributed by atoms with E-state index in [0.29, 0.717) is 24.2 Å². The number of hydrogen-bond donors (Lipinski definition) is 2. The van der Waals surface area contributed by atoms with Gasteiger partial charge in [0.05, 0.1) is 26.9 Å². The third-order valence-electron chi connectivity index (χ3n) is 5.30. The largest absolute Gasteiger partial charge is 0.497 e. The quantitative estimate of drug-likeness (QED) is 0.458. The summed E-state index contributed by atoms with van der Waals surface area (Å²) in [5.74, 6) is 1.20. The Morgan fingerprint density at radius 2 is 1.39 bits per heavy atom. The summed E-state index contributed by atoms with van der Waals surface area (Å²) in [6.45, 7) is 0.450. The van der Waals surface area contributed by atoms with Crippen molar-refractivity contribution >= 4 is 17.7 Å². The molecular formula is C26H28N2O5. The Morgan fingerprint density at radius 1 is 0.818 bits per heavy atom. The molecule has 0 unspecified atom stereocenters. The van der Waals surface area contributed by atoms with E-state index in [1.165, 1.54) is 7.11 Å². The molecular weight excluding hydrogens is 420 g/mol. The molecule has 0 aliphatic carbocycles. The van der Waals surface area contributed by atoms with Crippen LogP contribution in [0.2, 0.25) is 0 Å². The van der Waals surface area contributed by atoms with Gasteiger partial charge in [0.25, 0.3) is 0 Å². The van der Waals surface area contributed by atoms with Crippen LogP contribution in [-0.2, 0) is 4.74 Å². The molecule has 33 heavy (non-hydrogen) atoms. The zero-order chi connectivity index (χ0) is 23.6. The molecule has 0 aromatic heterocycles. The van der Waals surface area contributed by atoms with Crippen LogP contribution in [0, 0.1) is 0 Å². The second-order valence-electron chi connectivity index (χ2n) is 7.34. The monoisotopic (exact) mass is 448 g/mol. The summed E-state index contributed by atoms with van der Waals surface area (Å²) in [4.78, 5) is 24.1. The van der Waals surface area contributed by atoms with Crippen LogP contribution in [0.5, 0.6) is 11.5 Å². The van der Waals surface area contributed by atoms with Crippen LogP contribution in [0.1, 0.15) is 33.8 Å². The highest BCUT2D eigenvalue weighted by Gasteiger charge is 2.15. The standard InChI is InChI=1S/C26H28N2O5/c1-31-22-11-7-18(8-12-22)24(19-9-13-23(32-2)14-10-19)15-16-27-26(30)28-21-6-4-5-20(17-21)25(29)33-3/h4-14,17,24H,15-16H2,1-3H3,(H2,27,28,30). The van der Waals surface area contributed by atoms with E-state index in [4.69, 9.17) is 14.2 Å². The van der Waals surface area contributed by atoms with E-state index in [1.54, 1.807) is 38.5 Å². The molecule has 3 rings (SSSR count). The zero-order valence-electron chi connectivity index (χ0n) is 19.0. The Hall–Kier alpha value is -4.00. The van der Waals surface area contributed by atoms with E-state index in [2.05, 4.69) is 10.6 Å². The van der Waals surface area contributed by atoms with Gasteiger partial charge < -0.3 is 24.8 Å². The van der Waals surface area contributed by atoms with E-state index < -0.39 is 5.97 Å². The maximum atomic E-state index is 12.4. The van der Waals surface area contributed by atoms with Crippen molar-refractivity contribution in [3.63, 3.8) is 0 Å². The molecule has 0 spiro atoms. The van der Waals surface area contributed by atoms with Crippen LogP contribution in [-0.4, -0.2) is 39.9 Å². The minimum Gasteiger partial charge on any atom is -0.497 e. The highest BCUT2D eigenvalue weighted by Crippen LogP contribution is 2.30. The van der Waals surface area contributed by atoms with Gasteiger partial charge in [0.2, 0.25) is 0 Å². The molecule has 2 N–H and O–H groups in total. The topological polar surface area (TPSA) is 85.9 Å². The molecule has 0 fully saturated rings. The molecule has 0 heterocycles. The maximum Gasteiger partial charge on any atom is 0.337 e. The van der Waals surface area contributed by atoms with Crippen molar-refractivity contribution < 1.29 is 23.8 Å². The summed E-state index contributed by atoms with van der Waals surface area (Å²) in [5, 5.41) is 5.65. The van der Waals surface area contributed by atoms with Crippen molar-refractivity contribution in [3.8, 4) is 11.5 Å². The molecule has 0 saturated carbocycles. The van der Waals surface area contributed by atoms with Crippen LogP contribution < -0.4 is 20.1 Å². The SMILES string of the molecule is COC(=O)c1cccc(NC(=O)NCCC(c2ccc(OC)cc2)c2ccc(OC)cc2)c1. The first-order valence-corrected chi connectivity index (χ1v) is 10.5. The van der Waals surface area contributed by atoms with Crippen LogP contribution in [0.3, 0.4) is 0 Å². The predicted octanol–water partition coefficient (Wildman–Crippen LogP) is 4.83. The molecule has 3 aromatic rings. The molecule has 0 bridgehead atoms. The minimum absolute atomic E-state index is 0.0739. The number of nitrogens with one attached hydrogen (secondary N) is 2. The molecule has 172 valence electrons. The second-order valence-corrected chi connectivity index (χ2v) is 7.34. The first-order valence-electron chi connectivity index (χ1n) is 10.5.